The van der Waals surface area contributed by atoms with Crippen molar-refractivity contribution < 1.29 is 14.6 Å². The molecule has 0 unspecified atom stereocenters. The van der Waals surface area contributed by atoms with Crippen LogP contribution in [0.15, 0.2) is 11.6 Å². The molecule has 1 aliphatic heterocycles. The van der Waals surface area contributed by atoms with Crippen LogP contribution in [0.4, 0.5) is 0 Å². The van der Waals surface area contributed by atoms with Crippen LogP contribution in [-0.2, 0) is 9.47 Å². The smallest absolute Gasteiger partial charge is 0.172 e. The van der Waals surface area contributed by atoms with E-state index in [9.17, 15) is 10.4 Å². The first-order valence-corrected chi connectivity index (χ1v) is 10.5. The van der Waals surface area contributed by atoms with E-state index in [1.807, 2.05) is 0 Å². The summed E-state index contributed by atoms with van der Waals surface area (Å²) in [6.07, 6.45) is 10.4. The summed E-state index contributed by atoms with van der Waals surface area (Å²) in [5.74, 6) is 1.38. The normalized spacial score (nSPS) is 51.9. The zero-order chi connectivity index (χ0) is 18.2. The van der Waals surface area contributed by atoms with Crippen molar-refractivity contribution in [1.29, 1.82) is 5.26 Å². The molecule has 5 aliphatic rings. The van der Waals surface area contributed by atoms with Crippen LogP contribution in [-0.4, -0.2) is 29.7 Å². The van der Waals surface area contributed by atoms with Crippen molar-refractivity contribution in [2.75, 3.05) is 13.2 Å². The molecule has 26 heavy (non-hydrogen) atoms. The molecule has 1 heterocycles. The predicted octanol–water partition coefficient (Wildman–Crippen LogP) is 3.95. The van der Waals surface area contributed by atoms with E-state index in [-0.39, 0.29) is 16.6 Å². The van der Waals surface area contributed by atoms with Crippen LogP contribution in [0.2, 0.25) is 0 Å². The zero-order valence-corrected chi connectivity index (χ0v) is 16.1. The number of fused-ring (bicyclic) bond motifs is 5. The fraction of sp³-hybridized carbons (Fsp3) is 0.864. The standard InChI is InChI=1S/C22H31NO3/c1-19-9-10-22(25-11-12-26-22)13-15(19)3-4-16-17(19)5-7-20(2)18(16)6-8-21(20,24)14-23/h3,16-18,24H,4-13H2,1-2H3/t16-,17+,18+,19+,20+,21+/m1/s1. The second kappa shape index (κ2) is 5.34. The molecule has 1 saturated heterocycles. The molecule has 3 saturated carbocycles. The fourth-order valence-electron chi connectivity index (χ4n) is 7.55. The molecule has 0 aromatic carbocycles. The maximum Gasteiger partial charge on any atom is 0.172 e. The van der Waals surface area contributed by atoms with E-state index < -0.39 is 5.60 Å². The molecule has 0 bridgehead atoms. The van der Waals surface area contributed by atoms with Gasteiger partial charge in [-0.25, -0.2) is 0 Å². The molecule has 0 aromatic rings. The van der Waals surface area contributed by atoms with E-state index in [1.165, 1.54) is 0 Å². The fourth-order valence-corrected chi connectivity index (χ4v) is 7.55. The maximum absolute atomic E-state index is 11.0. The lowest BCUT2D eigenvalue weighted by Gasteiger charge is -2.59. The Bertz CT molecular complexity index is 690. The van der Waals surface area contributed by atoms with Gasteiger partial charge in [-0.3, -0.25) is 0 Å². The lowest BCUT2D eigenvalue weighted by molar-refractivity contribution is -0.186. The van der Waals surface area contributed by atoms with E-state index >= 15 is 0 Å². The third-order valence-corrected chi connectivity index (χ3v) is 9.26. The Balaban J connectivity index is 1.47. The number of ether oxygens (including phenoxy) is 2. The van der Waals surface area contributed by atoms with E-state index in [4.69, 9.17) is 9.47 Å². The van der Waals surface area contributed by atoms with Gasteiger partial charge in [0.05, 0.1) is 19.3 Å². The van der Waals surface area contributed by atoms with Gasteiger partial charge in [0.15, 0.2) is 11.4 Å². The van der Waals surface area contributed by atoms with E-state index in [0.29, 0.717) is 24.2 Å². The Morgan fingerprint density at radius 3 is 2.54 bits per heavy atom. The zero-order valence-electron chi connectivity index (χ0n) is 16.1. The van der Waals surface area contributed by atoms with Crippen LogP contribution in [0, 0.1) is 39.9 Å². The molecule has 0 amide bonds. The van der Waals surface area contributed by atoms with Crippen molar-refractivity contribution in [3.05, 3.63) is 11.6 Å². The van der Waals surface area contributed by atoms with Crippen LogP contribution in [0.5, 0.6) is 0 Å². The lowest BCUT2D eigenvalue weighted by atomic mass is 9.47. The Kier molecular flexibility index (Phi) is 3.54. The molecule has 0 radical (unpaired) electrons. The van der Waals surface area contributed by atoms with Crippen molar-refractivity contribution in [1.82, 2.24) is 0 Å². The maximum atomic E-state index is 11.0. The number of rotatable bonds is 0. The van der Waals surface area contributed by atoms with Crippen LogP contribution >= 0.6 is 0 Å². The topological polar surface area (TPSA) is 62.5 Å². The van der Waals surface area contributed by atoms with Gasteiger partial charge in [-0.05, 0) is 61.7 Å². The Morgan fingerprint density at radius 2 is 1.81 bits per heavy atom. The van der Waals surface area contributed by atoms with Crippen molar-refractivity contribution in [2.24, 2.45) is 28.6 Å². The Hall–Kier alpha value is -0.890. The number of hydrogen-bond acceptors (Lipinski definition) is 4. The minimum Gasteiger partial charge on any atom is -0.375 e. The molecular formula is C22H31NO3. The summed E-state index contributed by atoms with van der Waals surface area (Å²) in [6.45, 7) is 6.10. The average molecular weight is 357 g/mol. The highest BCUT2D eigenvalue weighted by Gasteiger charge is 2.64. The third-order valence-electron chi connectivity index (χ3n) is 9.26. The molecule has 1 spiro atoms. The SMILES string of the molecule is C[C@]12CCC3(CC1=CC[C@@H]1[C@@H]2CC[C@@]2(C)[C@H]1CC[C@]2(O)C#N)OCCO3. The van der Waals surface area contributed by atoms with Gasteiger partial charge in [0.1, 0.15) is 0 Å². The second-order valence-electron chi connectivity index (χ2n) is 10.0. The van der Waals surface area contributed by atoms with E-state index in [1.54, 1.807) is 5.57 Å². The number of nitriles is 1. The third kappa shape index (κ3) is 2.00. The van der Waals surface area contributed by atoms with Gasteiger partial charge >= 0.3 is 0 Å². The first-order valence-electron chi connectivity index (χ1n) is 10.5. The van der Waals surface area contributed by atoms with Gasteiger partial charge in [-0.15, -0.1) is 0 Å². The average Bonchev–Trinajstić information content (AvgIpc) is 3.19. The lowest BCUT2D eigenvalue weighted by Crippen LogP contribution is -2.55. The van der Waals surface area contributed by atoms with Crippen molar-refractivity contribution in [3.63, 3.8) is 0 Å². The minimum atomic E-state index is -1.13. The molecule has 5 rings (SSSR count). The van der Waals surface area contributed by atoms with Crippen LogP contribution < -0.4 is 0 Å². The predicted molar refractivity (Wildman–Crippen MR) is 96.9 cm³/mol. The van der Waals surface area contributed by atoms with E-state index in [0.717, 1.165) is 58.2 Å². The molecule has 6 atom stereocenters. The number of allylic oxidation sites excluding steroid dienone is 1. The molecular weight excluding hydrogens is 326 g/mol. The summed E-state index contributed by atoms with van der Waals surface area (Å²) in [4.78, 5) is 0. The molecule has 4 fully saturated rings. The van der Waals surface area contributed by atoms with Crippen LogP contribution in [0.1, 0.15) is 65.2 Å². The summed E-state index contributed by atoms with van der Waals surface area (Å²) >= 11 is 0. The van der Waals surface area contributed by atoms with E-state index in [2.05, 4.69) is 26.0 Å². The molecule has 0 aromatic heterocycles. The summed E-state index contributed by atoms with van der Waals surface area (Å²) in [5.41, 5.74) is 0.412. The minimum absolute atomic E-state index is 0.234. The van der Waals surface area contributed by atoms with Gasteiger partial charge in [-0.1, -0.05) is 25.5 Å². The first-order chi connectivity index (χ1) is 12.4. The van der Waals surface area contributed by atoms with Crippen LogP contribution in [0.3, 0.4) is 0 Å². The first kappa shape index (κ1) is 17.2. The number of hydrogen-bond donors (Lipinski definition) is 1. The summed E-state index contributed by atoms with van der Waals surface area (Å²) in [6, 6.07) is 2.28. The summed E-state index contributed by atoms with van der Waals surface area (Å²) < 4.78 is 12.0. The van der Waals surface area contributed by atoms with Crippen molar-refractivity contribution >= 4 is 0 Å². The highest BCUT2D eigenvalue weighted by Crippen LogP contribution is 2.67. The van der Waals surface area contributed by atoms with Gasteiger partial charge in [0.25, 0.3) is 0 Å². The van der Waals surface area contributed by atoms with Crippen molar-refractivity contribution in [2.45, 2.75) is 76.6 Å². The molecule has 142 valence electrons. The summed E-state index contributed by atoms with van der Waals surface area (Å²) in [5, 5.41) is 20.6. The number of nitrogens with zero attached hydrogens (tertiary/aromatic N) is 1. The van der Waals surface area contributed by atoms with Crippen molar-refractivity contribution in [3.8, 4) is 6.07 Å². The number of aliphatic hydroxyl groups is 1. The highest BCUT2D eigenvalue weighted by molar-refractivity contribution is 5.28. The quantitative estimate of drug-likeness (QED) is 0.527. The molecule has 4 aliphatic carbocycles. The van der Waals surface area contributed by atoms with Crippen LogP contribution in [0.25, 0.3) is 0 Å². The second-order valence-corrected chi connectivity index (χ2v) is 10.0. The summed E-state index contributed by atoms with van der Waals surface area (Å²) in [7, 11) is 0. The molecule has 1 N–H and O–H groups in total. The molecule has 4 heteroatoms. The highest BCUT2D eigenvalue weighted by atomic mass is 16.7. The monoisotopic (exact) mass is 357 g/mol. The van der Waals surface area contributed by atoms with Gasteiger partial charge < -0.3 is 14.6 Å². The van der Waals surface area contributed by atoms with Gasteiger partial charge in [0.2, 0.25) is 0 Å². The molecule has 4 nitrogen and oxygen atoms in total. The van der Waals surface area contributed by atoms with Gasteiger partial charge in [0, 0.05) is 18.3 Å². The Labute approximate surface area is 156 Å². The van der Waals surface area contributed by atoms with Gasteiger partial charge in [-0.2, -0.15) is 5.26 Å². The Morgan fingerprint density at radius 1 is 1.08 bits per heavy atom. The largest absolute Gasteiger partial charge is 0.375 e.